The first-order chi connectivity index (χ1) is 41.3. The molecule has 10 heteroatoms. The van der Waals surface area contributed by atoms with E-state index in [1.807, 2.05) is 0 Å². The Morgan fingerprint density at radius 2 is 0.898 bits per heavy atom. The number of fused-ring (bicyclic) bond motifs is 9. The van der Waals surface area contributed by atoms with Crippen molar-refractivity contribution in [1.82, 2.24) is 0 Å². The molecule has 3 aliphatic carbocycles. The van der Waals surface area contributed by atoms with Gasteiger partial charge >= 0.3 is 0 Å². The minimum Gasteiger partial charge on any atom is -0.468 e. The standard InChI is InChI=1S/C78H89B6N3O/c1-72(2,3)46-23-27-48(28-24-46)87-61-39-50(85(70-66(82)64(80)63(79)65(81)67(70)83)47-25-21-45(22-26-47)44-19-17-16-18-20-44)38-60-68(61)84(71-69(87)51-40-54-57(43-62(51)88-71)78(14,15)36-33-75(54,8)9)58-41-55-56(77(12,13)35-34-76(55,10)11)42-59(58)86(60)49-29-30-52-53(37-49)74(6,7)32-31-73(52,4)5/h16-30,37-43H,31-36,79-83H2,1-15H3. The molecule has 0 saturated carbocycles. The third-order valence-corrected chi connectivity index (χ3v) is 23.4. The number of furan rings is 1. The zero-order chi connectivity index (χ0) is 62.5. The Labute approximate surface area is 531 Å². The van der Waals surface area contributed by atoms with Crippen molar-refractivity contribution < 1.29 is 4.42 Å². The fourth-order valence-electron chi connectivity index (χ4n) is 16.7. The first-order valence-electron chi connectivity index (χ1n) is 33.2. The Kier molecular flexibility index (Phi) is 13.1. The van der Waals surface area contributed by atoms with E-state index < -0.39 is 0 Å². The Hall–Kier alpha value is -6.91. The van der Waals surface area contributed by atoms with Crippen LogP contribution in [0.25, 0.3) is 22.1 Å². The Morgan fingerprint density at radius 3 is 1.45 bits per heavy atom. The SMILES string of the molecule is Bc1c(B)c(B)c(N(c2ccc(-c3ccccc3)cc2)c2cc3c4c(c2)N(c2ccc(C(C)(C)C)cc2)c2c(oc5cc6c(cc25)C(C)(C)CCC6(C)C)B4c2cc4c(cc2N3c2ccc3c(c2)C(C)(C)CCC3(C)C)C(C)(C)CCC4(C)C)c(B)c1B. The molecular formula is C78H89B6N3O. The third-order valence-electron chi connectivity index (χ3n) is 23.4. The summed E-state index contributed by atoms with van der Waals surface area (Å²) in [5.41, 5.74) is 34.2. The molecule has 0 N–H and O–H groups in total. The molecule has 8 aromatic carbocycles. The largest absolute Gasteiger partial charge is 0.468 e. The summed E-state index contributed by atoms with van der Waals surface area (Å²) in [6, 6.07) is 53.0. The van der Waals surface area contributed by atoms with Crippen LogP contribution in [0.3, 0.4) is 0 Å². The van der Waals surface area contributed by atoms with Crippen molar-refractivity contribution in [2.75, 3.05) is 14.7 Å². The number of nitrogens with zero attached hydrogens (tertiary/aromatic N) is 3. The Morgan fingerprint density at radius 1 is 0.432 bits per heavy atom. The van der Waals surface area contributed by atoms with Crippen LogP contribution < -0.4 is 58.6 Å². The molecule has 4 nitrogen and oxygen atoms in total. The fraction of sp³-hybridized carbons (Fsp3) is 0.359. The van der Waals surface area contributed by atoms with Crippen LogP contribution >= 0.6 is 0 Å². The van der Waals surface area contributed by atoms with Crippen LogP contribution in [0.2, 0.25) is 0 Å². The van der Waals surface area contributed by atoms with Crippen LogP contribution in [0.4, 0.5) is 51.2 Å². The van der Waals surface area contributed by atoms with Crippen molar-refractivity contribution in [3.63, 3.8) is 0 Å². The Balaban J connectivity index is 1.17. The van der Waals surface area contributed by atoms with Gasteiger partial charge in [0.05, 0.1) is 17.0 Å². The van der Waals surface area contributed by atoms with Gasteiger partial charge in [-0.1, -0.05) is 192 Å². The van der Waals surface area contributed by atoms with E-state index in [4.69, 9.17) is 4.42 Å². The van der Waals surface area contributed by atoms with E-state index in [2.05, 4.69) is 291 Å². The predicted molar refractivity (Wildman–Crippen MR) is 396 cm³/mol. The summed E-state index contributed by atoms with van der Waals surface area (Å²) in [5, 5.41) is 1.18. The van der Waals surface area contributed by atoms with Gasteiger partial charge in [0.15, 0.2) is 0 Å². The van der Waals surface area contributed by atoms with Gasteiger partial charge in [-0.05, 0) is 204 Å². The predicted octanol–water partition coefficient (Wildman–Crippen LogP) is 11.3. The molecule has 0 radical (unpaired) electrons. The van der Waals surface area contributed by atoms with Crippen LogP contribution in [0.15, 0.2) is 138 Å². The normalized spacial score (nSPS) is 18.6. The van der Waals surface area contributed by atoms with Crippen LogP contribution in [0, 0.1) is 0 Å². The average Bonchev–Trinajstić information content (AvgIpc) is 1.21. The highest BCUT2D eigenvalue weighted by Gasteiger charge is 2.51. The molecule has 0 bridgehead atoms. The maximum absolute atomic E-state index is 7.92. The summed E-state index contributed by atoms with van der Waals surface area (Å²) in [4.78, 5) is 8.00. The van der Waals surface area contributed by atoms with E-state index in [0.29, 0.717) is 0 Å². The van der Waals surface area contributed by atoms with Crippen molar-refractivity contribution in [3.05, 3.63) is 172 Å². The molecule has 0 spiro atoms. The number of hydrogen-bond acceptors (Lipinski definition) is 4. The lowest BCUT2D eigenvalue weighted by atomic mass is 9.35. The summed E-state index contributed by atoms with van der Waals surface area (Å²) in [6.07, 6.45) is 6.82. The second-order valence-corrected chi connectivity index (χ2v) is 32.7. The maximum atomic E-state index is 7.92. The first kappa shape index (κ1) is 58.8. The van der Waals surface area contributed by atoms with Gasteiger partial charge < -0.3 is 19.1 Å². The smallest absolute Gasteiger partial charge is 0.297 e. The highest BCUT2D eigenvalue weighted by molar-refractivity contribution is 7.00. The summed E-state index contributed by atoms with van der Waals surface area (Å²) in [7, 11) is 11.7. The number of hydrogen-bond donors (Lipinski definition) is 0. The zero-order valence-electron chi connectivity index (χ0n) is 56.8. The van der Waals surface area contributed by atoms with E-state index in [1.54, 1.807) is 0 Å². The topological polar surface area (TPSA) is 22.9 Å². The zero-order valence-corrected chi connectivity index (χ0v) is 56.8. The van der Waals surface area contributed by atoms with E-state index in [-0.39, 0.29) is 44.6 Å². The molecule has 0 atom stereocenters. The van der Waals surface area contributed by atoms with Gasteiger partial charge in [-0.15, -0.1) is 5.46 Å². The van der Waals surface area contributed by atoms with Crippen molar-refractivity contribution in [1.29, 1.82) is 0 Å². The maximum Gasteiger partial charge on any atom is 0.297 e. The third kappa shape index (κ3) is 8.88. The van der Waals surface area contributed by atoms with Crippen LogP contribution in [0.1, 0.15) is 181 Å². The number of anilines is 9. The molecule has 0 saturated heterocycles. The molecule has 14 rings (SSSR count). The second-order valence-electron chi connectivity index (χ2n) is 32.7. The van der Waals surface area contributed by atoms with Gasteiger partial charge in [0, 0.05) is 45.2 Å². The average molecular weight is 1150 g/mol. The fourth-order valence-corrected chi connectivity index (χ4v) is 16.7. The van der Waals surface area contributed by atoms with Crippen LogP contribution in [-0.2, 0) is 37.9 Å². The van der Waals surface area contributed by atoms with E-state index >= 15 is 0 Å². The molecule has 0 amide bonds. The number of benzene rings is 8. The second kappa shape index (κ2) is 19.5. The molecule has 0 unspecified atom stereocenters. The van der Waals surface area contributed by atoms with Crippen LogP contribution in [0.5, 0.6) is 0 Å². The lowest BCUT2D eigenvalue weighted by Gasteiger charge is -2.47. The molecule has 440 valence electrons. The molecule has 5 aliphatic rings. The molecule has 0 fully saturated rings. The molecule has 2 aliphatic heterocycles. The van der Waals surface area contributed by atoms with Gasteiger partial charge in [0.2, 0.25) is 0 Å². The van der Waals surface area contributed by atoms with Gasteiger partial charge in [-0.3, -0.25) is 0 Å². The van der Waals surface area contributed by atoms with Crippen molar-refractivity contribution in [2.45, 2.75) is 180 Å². The number of rotatable bonds is 6. The van der Waals surface area contributed by atoms with Gasteiger partial charge in [0.1, 0.15) is 44.8 Å². The van der Waals surface area contributed by atoms with Gasteiger partial charge in [-0.25, -0.2) is 0 Å². The van der Waals surface area contributed by atoms with Crippen molar-refractivity contribution >= 4 is 152 Å². The Bertz CT molecular complexity index is 4360. The van der Waals surface area contributed by atoms with Crippen LogP contribution in [-0.4, -0.2) is 45.9 Å². The minimum absolute atomic E-state index is 0.000399. The monoisotopic (exact) mass is 1150 g/mol. The quantitative estimate of drug-likeness (QED) is 0.155. The summed E-state index contributed by atoms with van der Waals surface area (Å²) < 4.78 is 7.92. The van der Waals surface area contributed by atoms with Gasteiger partial charge in [0.25, 0.3) is 6.71 Å². The minimum atomic E-state index is -0.221. The molecular weight excluding hydrogens is 1060 g/mol. The molecule has 1 aromatic heterocycles. The van der Waals surface area contributed by atoms with E-state index in [1.165, 1.54) is 122 Å². The first-order valence-corrected chi connectivity index (χ1v) is 33.2. The van der Waals surface area contributed by atoms with Crippen molar-refractivity contribution in [2.24, 2.45) is 0 Å². The van der Waals surface area contributed by atoms with Crippen molar-refractivity contribution in [3.8, 4) is 11.1 Å². The highest BCUT2D eigenvalue weighted by atomic mass is 16.3. The molecule has 3 heterocycles. The molecule has 9 aromatic rings. The highest BCUT2D eigenvalue weighted by Crippen LogP contribution is 2.56. The summed E-state index contributed by atoms with van der Waals surface area (Å²) in [6.45, 7) is 36.5. The van der Waals surface area contributed by atoms with E-state index in [9.17, 15) is 0 Å². The van der Waals surface area contributed by atoms with E-state index in [0.717, 1.165) is 72.5 Å². The summed E-state index contributed by atoms with van der Waals surface area (Å²) >= 11 is 0. The lowest BCUT2D eigenvalue weighted by Crippen LogP contribution is -2.61. The summed E-state index contributed by atoms with van der Waals surface area (Å²) in [5.74, 6) is 0. The lowest BCUT2D eigenvalue weighted by molar-refractivity contribution is 0.332. The van der Waals surface area contributed by atoms with Gasteiger partial charge in [-0.2, -0.15) is 0 Å². The molecule has 88 heavy (non-hydrogen) atoms.